The van der Waals surface area contributed by atoms with Gasteiger partial charge in [-0.3, -0.25) is 0 Å². The van der Waals surface area contributed by atoms with Gasteiger partial charge in [0.05, 0.1) is 0 Å². The van der Waals surface area contributed by atoms with Crippen molar-refractivity contribution in [2.75, 3.05) is 0 Å². The summed E-state index contributed by atoms with van der Waals surface area (Å²) in [6, 6.07) is 11.6. The zero-order chi connectivity index (χ0) is 15.9. The first-order valence-corrected chi connectivity index (χ1v) is 7.40. The van der Waals surface area contributed by atoms with Crippen LogP contribution < -0.4 is 4.74 Å². The van der Waals surface area contributed by atoms with Gasteiger partial charge in [-0.25, -0.2) is 9.18 Å². The Kier molecular flexibility index (Phi) is 5.53. The predicted molar refractivity (Wildman–Crippen MR) is 83.7 cm³/mol. The number of unbranched alkanes of at least 4 members (excludes halogenated alkanes) is 2. The van der Waals surface area contributed by atoms with Gasteiger partial charge in [0.2, 0.25) is 0 Å². The smallest absolute Gasteiger partial charge is 0.449 e. The Balaban J connectivity index is 2.13. The quantitative estimate of drug-likeness (QED) is 0.448. The molecule has 3 nitrogen and oxygen atoms in total. The molecule has 2 aromatic carbocycles. The molecular weight excluding hydrogens is 283 g/mol. The topological polar surface area (TPSA) is 46.5 Å². The highest BCUT2D eigenvalue weighted by Gasteiger charge is 2.07. The van der Waals surface area contributed by atoms with Crippen LogP contribution in [0.25, 0.3) is 11.1 Å². The average molecular weight is 302 g/mol. The number of ether oxygens (including phenoxy) is 1. The molecule has 0 heterocycles. The second kappa shape index (κ2) is 7.59. The summed E-state index contributed by atoms with van der Waals surface area (Å²) < 4.78 is 18.8. The first-order chi connectivity index (χ1) is 10.6. The number of hydrogen-bond donors (Lipinski definition) is 1. The molecule has 2 rings (SSSR count). The molecule has 2 aromatic rings. The Bertz CT molecular complexity index is 635. The lowest BCUT2D eigenvalue weighted by Gasteiger charge is -2.07. The van der Waals surface area contributed by atoms with E-state index in [1.165, 1.54) is 12.1 Å². The van der Waals surface area contributed by atoms with Gasteiger partial charge in [-0.15, -0.1) is 0 Å². The van der Waals surface area contributed by atoms with Crippen molar-refractivity contribution in [2.45, 2.75) is 32.6 Å². The predicted octanol–water partition coefficient (Wildman–Crippen LogP) is 5.28. The Morgan fingerprint density at radius 3 is 2.45 bits per heavy atom. The first kappa shape index (κ1) is 16.0. The van der Waals surface area contributed by atoms with Gasteiger partial charge in [0.15, 0.2) is 0 Å². The summed E-state index contributed by atoms with van der Waals surface area (Å²) in [6.07, 6.45) is 2.88. The minimum atomic E-state index is -1.37. The lowest BCUT2D eigenvalue weighted by atomic mass is 10.0. The number of carboxylic acid groups (broad SMARTS) is 1. The van der Waals surface area contributed by atoms with Crippen LogP contribution in [0.2, 0.25) is 0 Å². The summed E-state index contributed by atoms with van der Waals surface area (Å²) in [4.78, 5) is 10.4. The standard InChI is InChI=1S/C18H19FO3/c1-2-3-4-5-13-6-11-16(17(19)12-13)14-7-9-15(10-8-14)22-18(20)21/h6-12H,2-5H2,1H3,(H,20,21). The summed E-state index contributed by atoms with van der Waals surface area (Å²) in [5.74, 6) is -0.0475. The van der Waals surface area contributed by atoms with E-state index in [-0.39, 0.29) is 11.6 Å². The fraction of sp³-hybridized carbons (Fsp3) is 0.278. The van der Waals surface area contributed by atoms with E-state index in [1.807, 2.05) is 6.07 Å². The van der Waals surface area contributed by atoms with Gasteiger partial charge in [0.1, 0.15) is 11.6 Å². The van der Waals surface area contributed by atoms with Crippen molar-refractivity contribution in [3.05, 3.63) is 53.8 Å². The second-order valence-corrected chi connectivity index (χ2v) is 5.16. The zero-order valence-electron chi connectivity index (χ0n) is 12.5. The lowest BCUT2D eigenvalue weighted by Crippen LogP contribution is -2.02. The summed E-state index contributed by atoms with van der Waals surface area (Å²) in [7, 11) is 0. The van der Waals surface area contributed by atoms with E-state index in [2.05, 4.69) is 11.7 Å². The normalized spacial score (nSPS) is 10.5. The number of halogens is 1. The third-order valence-electron chi connectivity index (χ3n) is 3.47. The largest absolute Gasteiger partial charge is 0.511 e. The van der Waals surface area contributed by atoms with Crippen LogP contribution in [0.5, 0.6) is 5.75 Å². The molecule has 0 unspecified atom stereocenters. The van der Waals surface area contributed by atoms with Gasteiger partial charge in [-0.2, -0.15) is 0 Å². The van der Waals surface area contributed by atoms with Crippen LogP contribution in [0, 0.1) is 5.82 Å². The summed E-state index contributed by atoms with van der Waals surface area (Å²) in [6.45, 7) is 2.14. The van der Waals surface area contributed by atoms with Crippen LogP contribution in [-0.4, -0.2) is 11.3 Å². The Morgan fingerprint density at radius 2 is 1.86 bits per heavy atom. The van der Waals surface area contributed by atoms with Crippen molar-refractivity contribution in [2.24, 2.45) is 0 Å². The maximum Gasteiger partial charge on any atom is 0.511 e. The second-order valence-electron chi connectivity index (χ2n) is 5.16. The summed E-state index contributed by atoms with van der Waals surface area (Å²) in [5.41, 5.74) is 2.19. The fourth-order valence-electron chi connectivity index (χ4n) is 2.33. The Hall–Kier alpha value is -2.36. The first-order valence-electron chi connectivity index (χ1n) is 7.40. The molecule has 0 atom stereocenters. The van der Waals surface area contributed by atoms with Crippen molar-refractivity contribution in [1.82, 2.24) is 0 Å². The molecule has 0 radical (unpaired) electrons. The van der Waals surface area contributed by atoms with Crippen molar-refractivity contribution < 1.29 is 19.0 Å². The van der Waals surface area contributed by atoms with Gasteiger partial charge in [-0.1, -0.05) is 44.0 Å². The fourth-order valence-corrected chi connectivity index (χ4v) is 2.33. The molecular formula is C18H19FO3. The highest BCUT2D eigenvalue weighted by molar-refractivity contribution is 5.67. The molecule has 0 aliphatic carbocycles. The third-order valence-corrected chi connectivity index (χ3v) is 3.47. The van der Waals surface area contributed by atoms with E-state index in [0.29, 0.717) is 11.1 Å². The van der Waals surface area contributed by atoms with Crippen LogP contribution in [0.3, 0.4) is 0 Å². The third kappa shape index (κ3) is 4.32. The van der Waals surface area contributed by atoms with E-state index in [1.54, 1.807) is 24.3 Å². The summed E-state index contributed by atoms with van der Waals surface area (Å²) in [5, 5.41) is 8.53. The van der Waals surface area contributed by atoms with E-state index in [4.69, 9.17) is 5.11 Å². The van der Waals surface area contributed by atoms with Crippen molar-refractivity contribution in [1.29, 1.82) is 0 Å². The number of benzene rings is 2. The minimum Gasteiger partial charge on any atom is -0.449 e. The van der Waals surface area contributed by atoms with Gasteiger partial charge in [-0.05, 0) is 42.2 Å². The van der Waals surface area contributed by atoms with Gasteiger partial charge in [0, 0.05) is 5.56 Å². The molecule has 0 saturated heterocycles. The maximum atomic E-state index is 14.2. The summed E-state index contributed by atoms with van der Waals surface area (Å²) >= 11 is 0. The molecule has 0 amide bonds. The van der Waals surface area contributed by atoms with Gasteiger partial charge >= 0.3 is 6.16 Å². The van der Waals surface area contributed by atoms with Gasteiger partial charge < -0.3 is 9.84 Å². The molecule has 0 fully saturated rings. The molecule has 1 N–H and O–H groups in total. The minimum absolute atomic E-state index is 0.216. The molecule has 4 heteroatoms. The maximum absolute atomic E-state index is 14.2. The monoisotopic (exact) mass is 302 g/mol. The SMILES string of the molecule is CCCCCc1ccc(-c2ccc(OC(=O)O)cc2)c(F)c1. The van der Waals surface area contributed by atoms with E-state index in [9.17, 15) is 9.18 Å². The van der Waals surface area contributed by atoms with Crippen LogP contribution in [-0.2, 0) is 6.42 Å². The van der Waals surface area contributed by atoms with Crippen molar-refractivity contribution in [3.63, 3.8) is 0 Å². The molecule has 0 aliphatic rings. The molecule has 0 aromatic heterocycles. The van der Waals surface area contributed by atoms with Gasteiger partial charge in [0.25, 0.3) is 0 Å². The average Bonchev–Trinajstić information content (AvgIpc) is 2.48. The molecule has 0 bridgehead atoms. The van der Waals surface area contributed by atoms with E-state index >= 15 is 0 Å². The van der Waals surface area contributed by atoms with Crippen LogP contribution in [0.1, 0.15) is 31.7 Å². The molecule has 0 spiro atoms. The van der Waals surface area contributed by atoms with E-state index in [0.717, 1.165) is 31.2 Å². The number of hydrogen-bond acceptors (Lipinski definition) is 2. The molecule has 0 saturated carbocycles. The Labute approximate surface area is 129 Å². The van der Waals surface area contributed by atoms with Crippen LogP contribution in [0.4, 0.5) is 9.18 Å². The highest BCUT2D eigenvalue weighted by Crippen LogP contribution is 2.26. The number of rotatable bonds is 6. The van der Waals surface area contributed by atoms with E-state index < -0.39 is 6.16 Å². The zero-order valence-corrected chi connectivity index (χ0v) is 12.5. The van der Waals surface area contributed by atoms with Crippen LogP contribution >= 0.6 is 0 Å². The number of carbonyl (C=O) groups is 1. The molecule has 116 valence electrons. The highest BCUT2D eigenvalue weighted by atomic mass is 19.1. The van der Waals surface area contributed by atoms with Crippen molar-refractivity contribution in [3.8, 4) is 16.9 Å². The number of aryl methyl sites for hydroxylation is 1. The van der Waals surface area contributed by atoms with Crippen LogP contribution in [0.15, 0.2) is 42.5 Å². The lowest BCUT2D eigenvalue weighted by molar-refractivity contribution is 0.144. The van der Waals surface area contributed by atoms with Crippen molar-refractivity contribution >= 4 is 6.16 Å². The molecule has 0 aliphatic heterocycles. The molecule has 22 heavy (non-hydrogen) atoms. The Morgan fingerprint density at radius 1 is 1.14 bits per heavy atom.